The summed E-state index contributed by atoms with van der Waals surface area (Å²) >= 11 is 0. The Hall–Kier alpha value is -1.38. The smallest absolute Gasteiger partial charge is 0.303 e. The molecule has 0 saturated carbocycles. The van der Waals surface area contributed by atoms with Crippen molar-refractivity contribution in [3.05, 3.63) is 35.1 Å². The van der Waals surface area contributed by atoms with Gasteiger partial charge < -0.3 is 5.11 Å². The molecule has 0 bridgehead atoms. The highest BCUT2D eigenvalue weighted by atomic mass is 19.1. The Kier molecular flexibility index (Phi) is 2.71. The molecule has 3 heteroatoms. The molecular weight excluding hydrogens is 195 g/mol. The quantitative estimate of drug-likeness (QED) is 0.811. The Labute approximate surface area is 87.7 Å². The molecule has 0 fully saturated rings. The van der Waals surface area contributed by atoms with Gasteiger partial charge in [0.2, 0.25) is 0 Å². The van der Waals surface area contributed by atoms with E-state index in [9.17, 15) is 9.18 Å². The minimum atomic E-state index is -0.851. The van der Waals surface area contributed by atoms with Crippen molar-refractivity contribution in [2.75, 3.05) is 0 Å². The predicted molar refractivity (Wildman–Crippen MR) is 54.3 cm³/mol. The van der Waals surface area contributed by atoms with Crippen LogP contribution >= 0.6 is 0 Å². The summed E-state index contributed by atoms with van der Waals surface area (Å²) < 4.78 is 13.6. The monoisotopic (exact) mass is 208 g/mol. The van der Waals surface area contributed by atoms with Gasteiger partial charge in [0, 0.05) is 0 Å². The maximum absolute atomic E-state index is 13.6. The van der Waals surface area contributed by atoms with Gasteiger partial charge >= 0.3 is 5.97 Å². The summed E-state index contributed by atoms with van der Waals surface area (Å²) in [5.41, 5.74) is 1.61. The fraction of sp³-hybridized carbons (Fsp3) is 0.417. The summed E-state index contributed by atoms with van der Waals surface area (Å²) in [6, 6.07) is 5.00. The second-order valence-electron chi connectivity index (χ2n) is 4.00. The largest absolute Gasteiger partial charge is 0.481 e. The minimum absolute atomic E-state index is 0.0356. The second kappa shape index (κ2) is 4.01. The van der Waals surface area contributed by atoms with Crippen LogP contribution in [0.25, 0.3) is 0 Å². The van der Waals surface area contributed by atoms with E-state index in [1.807, 2.05) is 6.07 Å². The number of fused-ring (bicyclic) bond motifs is 1. The van der Waals surface area contributed by atoms with Crippen molar-refractivity contribution in [1.82, 2.24) is 0 Å². The van der Waals surface area contributed by atoms with Gasteiger partial charge in [0.1, 0.15) is 5.82 Å². The summed E-state index contributed by atoms with van der Waals surface area (Å²) in [5.74, 6) is -1.25. The molecule has 0 radical (unpaired) electrons. The zero-order valence-electron chi connectivity index (χ0n) is 8.37. The van der Waals surface area contributed by atoms with Crippen LogP contribution in [-0.2, 0) is 11.2 Å². The second-order valence-corrected chi connectivity index (χ2v) is 4.00. The number of carboxylic acids is 1. The Morgan fingerprint density at radius 3 is 3.07 bits per heavy atom. The lowest BCUT2D eigenvalue weighted by atomic mass is 9.81. The molecule has 0 saturated heterocycles. The Bertz CT molecular complexity index is 387. The average molecular weight is 208 g/mol. The van der Waals surface area contributed by atoms with Gasteiger partial charge in [-0.25, -0.2) is 4.39 Å². The molecule has 15 heavy (non-hydrogen) atoms. The summed E-state index contributed by atoms with van der Waals surface area (Å²) in [7, 11) is 0. The van der Waals surface area contributed by atoms with Crippen molar-refractivity contribution < 1.29 is 14.3 Å². The number of benzene rings is 1. The van der Waals surface area contributed by atoms with E-state index in [2.05, 4.69) is 0 Å². The number of hydrogen-bond acceptors (Lipinski definition) is 1. The number of rotatable bonds is 2. The minimum Gasteiger partial charge on any atom is -0.481 e. The van der Waals surface area contributed by atoms with Crippen molar-refractivity contribution in [1.29, 1.82) is 0 Å². The summed E-state index contributed by atoms with van der Waals surface area (Å²) in [6.45, 7) is 0. The third kappa shape index (κ3) is 2.01. The highest BCUT2D eigenvalue weighted by Crippen LogP contribution is 2.35. The highest BCUT2D eigenvalue weighted by Gasteiger charge is 2.25. The van der Waals surface area contributed by atoms with Crippen LogP contribution < -0.4 is 0 Å². The van der Waals surface area contributed by atoms with Crippen molar-refractivity contribution in [3.8, 4) is 0 Å². The number of halogens is 1. The van der Waals surface area contributed by atoms with Gasteiger partial charge in [-0.05, 0) is 42.4 Å². The van der Waals surface area contributed by atoms with Gasteiger partial charge in [0.15, 0.2) is 0 Å². The van der Waals surface area contributed by atoms with Gasteiger partial charge in [-0.1, -0.05) is 12.1 Å². The first kappa shape index (κ1) is 10.1. The molecule has 1 aliphatic rings. The van der Waals surface area contributed by atoms with E-state index in [1.165, 1.54) is 6.07 Å². The molecule has 1 aliphatic carbocycles. The van der Waals surface area contributed by atoms with Gasteiger partial charge in [-0.2, -0.15) is 0 Å². The molecule has 0 heterocycles. The van der Waals surface area contributed by atoms with Crippen LogP contribution in [0.4, 0.5) is 4.39 Å². The van der Waals surface area contributed by atoms with Gasteiger partial charge in [-0.15, -0.1) is 0 Å². The molecule has 0 aromatic heterocycles. The molecule has 1 atom stereocenters. The van der Waals surface area contributed by atoms with Crippen molar-refractivity contribution in [2.24, 2.45) is 0 Å². The first-order valence-electron chi connectivity index (χ1n) is 5.17. The standard InChI is InChI=1S/C12H13FO2/c13-10-6-2-4-8-3-1-5-9(12(8)10)7-11(14)15/h2,4,6,9H,1,3,5,7H2,(H,14,15). The molecule has 0 amide bonds. The van der Waals surface area contributed by atoms with E-state index < -0.39 is 5.97 Å². The molecule has 2 rings (SSSR count). The topological polar surface area (TPSA) is 37.3 Å². The first-order valence-corrected chi connectivity index (χ1v) is 5.17. The number of aliphatic carboxylic acids is 1. The van der Waals surface area contributed by atoms with Crippen LogP contribution in [0, 0.1) is 5.82 Å². The van der Waals surface area contributed by atoms with Gasteiger partial charge in [0.05, 0.1) is 6.42 Å². The van der Waals surface area contributed by atoms with E-state index in [-0.39, 0.29) is 18.2 Å². The lowest BCUT2D eigenvalue weighted by Crippen LogP contribution is -2.15. The molecule has 1 aromatic carbocycles. The Morgan fingerprint density at radius 2 is 2.33 bits per heavy atom. The fourth-order valence-corrected chi connectivity index (χ4v) is 2.36. The zero-order valence-corrected chi connectivity index (χ0v) is 8.37. The molecule has 80 valence electrons. The van der Waals surface area contributed by atoms with E-state index in [0.29, 0.717) is 5.56 Å². The summed E-state index contributed by atoms with van der Waals surface area (Å²) in [4.78, 5) is 10.7. The van der Waals surface area contributed by atoms with Crippen LogP contribution in [0.5, 0.6) is 0 Å². The maximum atomic E-state index is 13.6. The average Bonchev–Trinajstić information content (AvgIpc) is 2.17. The normalized spacial score (nSPS) is 19.7. The number of aryl methyl sites for hydroxylation is 1. The van der Waals surface area contributed by atoms with Crippen LogP contribution in [0.2, 0.25) is 0 Å². The molecule has 0 spiro atoms. The van der Waals surface area contributed by atoms with Crippen molar-refractivity contribution >= 4 is 5.97 Å². The maximum Gasteiger partial charge on any atom is 0.303 e. The molecule has 2 nitrogen and oxygen atoms in total. The molecular formula is C12H13FO2. The Morgan fingerprint density at radius 1 is 1.53 bits per heavy atom. The summed E-state index contributed by atoms with van der Waals surface area (Å²) in [6.07, 6.45) is 2.63. The fourth-order valence-electron chi connectivity index (χ4n) is 2.36. The van der Waals surface area contributed by atoms with Crippen LogP contribution in [-0.4, -0.2) is 11.1 Å². The highest BCUT2D eigenvalue weighted by molar-refractivity contribution is 5.68. The first-order chi connectivity index (χ1) is 7.18. The van der Waals surface area contributed by atoms with Crippen LogP contribution in [0.1, 0.15) is 36.3 Å². The van der Waals surface area contributed by atoms with E-state index >= 15 is 0 Å². The number of hydrogen-bond donors (Lipinski definition) is 1. The van der Waals surface area contributed by atoms with Gasteiger partial charge in [-0.3, -0.25) is 4.79 Å². The van der Waals surface area contributed by atoms with Crippen LogP contribution in [0.3, 0.4) is 0 Å². The third-order valence-corrected chi connectivity index (χ3v) is 2.97. The predicted octanol–water partition coefficient (Wildman–Crippen LogP) is 2.72. The van der Waals surface area contributed by atoms with Crippen molar-refractivity contribution in [3.63, 3.8) is 0 Å². The Balaban J connectivity index is 2.36. The number of carbonyl (C=O) groups is 1. The molecule has 0 aliphatic heterocycles. The zero-order chi connectivity index (χ0) is 10.8. The van der Waals surface area contributed by atoms with Crippen molar-refractivity contribution in [2.45, 2.75) is 31.6 Å². The van der Waals surface area contributed by atoms with E-state index in [1.54, 1.807) is 6.07 Å². The van der Waals surface area contributed by atoms with E-state index in [0.717, 1.165) is 24.8 Å². The molecule has 1 unspecified atom stereocenters. The number of carboxylic acid groups (broad SMARTS) is 1. The molecule has 1 aromatic rings. The lowest BCUT2D eigenvalue weighted by Gasteiger charge is -2.24. The SMILES string of the molecule is O=C(O)CC1CCCc2cccc(F)c21. The lowest BCUT2D eigenvalue weighted by molar-refractivity contribution is -0.137. The van der Waals surface area contributed by atoms with E-state index in [4.69, 9.17) is 5.11 Å². The van der Waals surface area contributed by atoms with Gasteiger partial charge in [0.25, 0.3) is 0 Å². The summed E-state index contributed by atoms with van der Waals surface area (Å²) in [5, 5.41) is 8.76. The molecule has 1 N–H and O–H groups in total. The third-order valence-electron chi connectivity index (χ3n) is 2.97. The van der Waals surface area contributed by atoms with Crippen LogP contribution in [0.15, 0.2) is 18.2 Å².